The number of hydrogen-bond acceptors (Lipinski definition) is 8. The first-order valence-corrected chi connectivity index (χ1v) is 10.5. The molecule has 28 heavy (non-hydrogen) atoms. The molecule has 0 saturated heterocycles. The van der Waals surface area contributed by atoms with Gasteiger partial charge in [0.15, 0.2) is 17.0 Å². The minimum absolute atomic E-state index is 0.0762. The average molecular weight is 405 g/mol. The summed E-state index contributed by atoms with van der Waals surface area (Å²) < 4.78 is 24.7. The molecule has 2 aromatic heterocycles. The van der Waals surface area contributed by atoms with Gasteiger partial charge in [0.05, 0.1) is 11.2 Å². The van der Waals surface area contributed by atoms with Gasteiger partial charge in [0.1, 0.15) is 0 Å². The first-order chi connectivity index (χ1) is 13.4. The molecule has 0 bridgehead atoms. The number of rotatable bonds is 9. The lowest BCUT2D eigenvalue weighted by molar-refractivity contribution is 0.598. The highest BCUT2D eigenvalue weighted by atomic mass is 32.2. The normalized spacial score (nSPS) is 11.7. The van der Waals surface area contributed by atoms with Crippen LogP contribution in [0.4, 0.5) is 11.8 Å². The number of primary sulfonamides is 1. The molecule has 0 radical (unpaired) electrons. The third kappa shape index (κ3) is 4.55. The van der Waals surface area contributed by atoms with Gasteiger partial charge in [0.25, 0.3) is 0 Å². The standard InChI is InChI=1S/C17H24N8O2S/c1-2-9-25-11-22-14-15(23-17(20-8-7-18)24-16(14)25)21-10-12-3-5-13(6-4-12)28(19,26)27/h3-6,11H,2,7-10,18H2,1H3,(H2,19,26,27)(H2,20,21,23,24). The van der Waals surface area contributed by atoms with Crippen LogP contribution < -0.4 is 21.5 Å². The van der Waals surface area contributed by atoms with Crippen molar-refractivity contribution in [1.29, 1.82) is 0 Å². The molecule has 3 rings (SSSR count). The molecule has 150 valence electrons. The van der Waals surface area contributed by atoms with Gasteiger partial charge in [-0.05, 0) is 24.1 Å². The van der Waals surface area contributed by atoms with Gasteiger partial charge in [0, 0.05) is 26.2 Å². The van der Waals surface area contributed by atoms with E-state index in [0.29, 0.717) is 36.9 Å². The molecule has 10 nitrogen and oxygen atoms in total. The second kappa shape index (κ2) is 8.50. The number of imidazole rings is 1. The molecule has 0 fully saturated rings. The number of aryl methyl sites for hydroxylation is 1. The van der Waals surface area contributed by atoms with Gasteiger partial charge in [-0.1, -0.05) is 19.1 Å². The van der Waals surface area contributed by atoms with Gasteiger partial charge in [-0.2, -0.15) is 9.97 Å². The van der Waals surface area contributed by atoms with Crippen LogP contribution in [0, 0.1) is 0 Å². The van der Waals surface area contributed by atoms with E-state index in [1.54, 1.807) is 18.5 Å². The summed E-state index contributed by atoms with van der Waals surface area (Å²) in [4.78, 5) is 13.6. The zero-order chi connectivity index (χ0) is 20.1. The van der Waals surface area contributed by atoms with Crippen LogP contribution in [0.25, 0.3) is 11.2 Å². The Morgan fingerprint density at radius 3 is 2.54 bits per heavy atom. The van der Waals surface area contributed by atoms with Crippen LogP contribution in [0.1, 0.15) is 18.9 Å². The van der Waals surface area contributed by atoms with Gasteiger partial charge in [-0.3, -0.25) is 0 Å². The van der Waals surface area contributed by atoms with Crippen molar-refractivity contribution in [2.75, 3.05) is 23.7 Å². The van der Waals surface area contributed by atoms with Crippen LogP contribution in [0.5, 0.6) is 0 Å². The highest BCUT2D eigenvalue weighted by Gasteiger charge is 2.13. The maximum Gasteiger partial charge on any atom is 0.238 e. The summed E-state index contributed by atoms with van der Waals surface area (Å²) in [6.45, 7) is 4.36. The smallest absolute Gasteiger partial charge is 0.238 e. The third-order valence-electron chi connectivity index (χ3n) is 4.07. The molecule has 0 spiro atoms. The SMILES string of the molecule is CCCn1cnc2c(NCc3ccc(S(N)(=O)=O)cc3)nc(NCCN)nc21. The molecule has 2 heterocycles. The van der Waals surface area contributed by atoms with Crippen molar-refractivity contribution in [1.82, 2.24) is 19.5 Å². The van der Waals surface area contributed by atoms with Crippen LogP contribution in [-0.4, -0.2) is 41.0 Å². The number of aromatic nitrogens is 4. The zero-order valence-electron chi connectivity index (χ0n) is 15.6. The number of fused-ring (bicyclic) bond motifs is 1. The summed E-state index contributed by atoms with van der Waals surface area (Å²) in [5, 5.41) is 11.5. The summed E-state index contributed by atoms with van der Waals surface area (Å²) in [7, 11) is -3.71. The minimum Gasteiger partial charge on any atom is -0.364 e. The number of sulfonamides is 1. The first kappa shape index (κ1) is 20.0. The second-order valence-electron chi connectivity index (χ2n) is 6.26. The van der Waals surface area contributed by atoms with Gasteiger partial charge in [-0.25, -0.2) is 18.5 Å². The Morgan fingerprint density at radius 2 is 1.89 bits per heavy atom. The van der Waals surface area contributed by atoms with Crippen molar-refractivity contribution in [3.63, 3.8) is 0 Å². The Labute approximate surface area is 163 Å². The van der Waals surface area contributed by atoms with E-state index in [1.807, 2.05) is 4.57 Å². The highest BCUT2D eigenvalue weighted by Crippen LogP contribution is 2.22. The van der Waals surface area contributed by atoms with Gasteiger partial charge in [0.2, 0.25) is 16.0 Å². The average Bonchev–Trinajstić information content (AvgIpc) is 3.07. The van der Waals surface area contributed by atoms with Gasteiger partial charge < -0.3 is 20.9 Å². The van der Waals surface area contributed by atoms with Crippen LogP contribution >= 0.6 is 0 Å². The second-order valence-corrected chi connectivity index (χ2v) is 7.83. The van der Waals surface area contributed by atoms with E-state index < -0.39 is 10.0 Å². The molecule has 0 saturated carbocycles. The van der Waals surface area contributed by atoms with Crippen molar-refractivity contribution >= 4 is 33.0 Å². The topological polar surface area (TPSA) is 154 Å². The first-order valence-electron chi connectivity index (χ1n) is 8.94. The minimum atomic E-state index is -3.71. The fourth-order valence-corrected chi connectivity index (χ4v) is 3.23. The van der Waals surface area contributed by atoms with Gasteiger partial charge >= 0.3 is 0 Å². The lowest BCUT2D eigenvalue weighted by atomic mass is 10.2. The molecule has 0 aliphatic heterocycles. The summed E-state index contributed by atoms with van der Waals surface area (Å²) in [6, 6.07) is 6.36. The van der Waals surface area contributed by atoms with Crippen LogP contribution in [-0.2, 0) is 23.1 Å². The Bertz CT molecular complexity index is 1050. The number of nitrogens with two attached hydrogens (primary N) is 2. The quantitative estimate of drug-likeness (QED) is 0.409. The van der Waals surface area contributed by atoms with E-state index in [-0.39, 0.29) is 4.90 Å². The van der Waals surface area contributed by atoms with Crippen LogP contribution in [0.3, 0.4) is 0 Å². The van der Waals surface area contributed by atoms with Crippen LogP contribution in [0.15, 0.2) is 35.5 Å². The van der Waals surface area contributed by atoms with Crippen molar-refractivity contribution in [3.05, 3.63) is 36.2 Å². The van der Waals surface area contributed by atoms with Crippen molar-refractivity contribution < 1.29 is 8.42 Å². The number of benzene rings is 1. The lowest BCUT2D eigenvalue weighted by Gasteiger charge is -2.10. The van der Waals surface area contributed by atoms with E-state index >= 15 is 0 Å². The summed E-state index contributed by atoms with van der Waals surface area (Å²) >= 11 is 0. The van der Waals surface area contributed by atoms with Crippen molar-refractivity contribution in [2.24, 2.45) is 10.9 Å². The lowest BCUT2D eigenvalue weighted by Crippen LogP contribution is -2.16. The highest BCUT2D eigenvalue weighted by molar-refractivity contribution is 7.89. The molecule has 0 atom stereocenters. The molecule has 11 heteroatoms. The molecule has 0 aliphatic carbocycles. The Morgan fingerprint density at radius 1 is 1.14 bits per heavy atom. The van der Waals surface area contributed by atoms with Gasteiger partial charge in [-0.15, -0.1) is 0 Å². The van der Waals surface area contributed by atoms with E-state index in [9.17, 15) is 8.42 Å². The fraction of sp³-hybridized carbons (Fsp3) is 0.353. The number of nitrogens with one attached hydrogen (secondary N) is 2. The van der Waals surface area contributed by atoms with E-state index in [2.05, 4.69) is 32.5 Å². The molecule has 6 N–H and O–H groups in total. The molecule has 0 amide bonds. The van der Waals surface area contributed by atoms with Crippen molar-refractivity contribution in [2.45, 2.75) is 31.3 Å². The van der Waals surface area contributed by atoms with E-state index in [0.717, 1.165) is 24.2 Å². The molecular weight excluding hydrogens is 380 g/mol. The predicted molar refractivity (Wildman–Crippen MR) is 108 cm³/mol. The Balaban J connectivity index is 1.86. The maximum atomic E-state index is 11.4. The van der Waals surface area contributed by atoms with Crippen LogP contribution in [0.2, 0.25) is 0 Å². The molecule has 0 aliphatic rings. The Kier molecular flexibility index (Phi) is 6.07. The molecule has 0 unspecified atom stereocenters. The summed E-state index contributed by atoms with van der Waals surface area (Å²) in [6.07, 6.45) is 2.71. The Hall–Kier alpha value is -2.76. The predicted octanol–water partition coefficient (Wildman–Crippen LogP) is 0.866. The number of nitrogens with zero attached hydrogens (tertiary/aromatic N) is 4. The number of hydrogen-bond donors (Lipinski definition) is 4. The monoisotopic (exact) mass is 404 g/mol. The summed E-state index contributed by atoms with van der Waals surface area (Å²) in [5.41, 5.74) is 7.85. The number of anilines is 2. The zero-order valence-corrected chi connectivity index (χ0v) is 16.4. The van der Waals surface area contributed by atoms with E-state index in [1.165, 1.54) is 12.1 Å². The molecule has 3 aromatic rings. The van der Waals surface area contributed by atoms with E-state index in [4.69, 9.17) is 10.9 Å². The third-order valence-corrected chi connectivity index (χ3v) is 5.00. The fourth-order valence-electron chi connectivity index (χ4n) is 2.72. The molecular formula is C17H24N8O2S. The largest absolute Gasteiger partial charge is 0.364 e. The molecule has 1 aromatic carbocycles. The summed E-state index contributed by atoms with van der Waals surface area (Å²) in [5.74, 6) is 1.07. The van der Waals surface area contributed by atoms with Crippen molar-refractivity contribution in [3.8, 4) is 0 Å². The maximum absolute atomic E-state index is 11.4.